The summed E-state index contributed by atoms with van der Waals surface area (Å²) in [6.07, 6.45) is 7.19. The van der Waals surface area contributed by atoms with Gasteiger partial charge in [-0.2, -0.15) is 0 Å². The van der Waals surface area contributed by atoms with Crippen LogP contribution in [0.1, 0.15) is 19.3 Å². The van der Waals surface area contributed by atoms with Gasteiger partial charge in [-0.3, -0.25) is 4.98 Å². The van der Waals surface area contributed by atoms with Crippen LogP contribution in [0, 0.1) is 5.92 Å². The molecule has 1 unspecified atom stereocenters. The molecule has 0 radical (unpaired) electrons. The fraction of sp³-hybridized carbons (Fsp3) is 0.500. The second-order valence-electron chi connectivity index (χ2n) is 5.02. The maximum Gasteiger partial charge on any atom is 0.180 e. The highest BCUT2D eigenvalue weighted by atomic mass is 15.0. The quantitative estimate of drug-likeness (QED) is 0.875. The fourth-order valence-electron chi connectivity index (χ4n) is 2.53. The highest BCUT2D eigenvalue weighted by Gasteiger charge is 2.12. The van der Waals surface area contributed by atoms with Crippen molar-refractivity contribution in [1.82, 2.24) is 20.3 Å². The van der Waals surface area contributed by atoms with Crippen molar-refractivity contribution in [3.63, 3.8) is 0 Å². The normalized spacial score (nSPS) is 19.5. The molecule has 0 spiro atoms. The number of hydrogen-bond acceptors (Lipinski definition) is 5. The lowest BCUT2D eigenvalue weighted by Gasteiger charge is -2.22. The molecule has 0 aliphatic carbocycles. The number of anilines is 1. The topological polar surface area (TPSA) is 62.7 Å². The molecule has 1 fully saturated rings. The molecule has 1 aliphatic rings. The Morgan fingerprint density at radius 1 is 1.26 bits per heavy atom. The van der Waals surface area contributed by atoms with Crippen LogP contribution >= 0.6 is 0 Å². The molecule has 100 valence electrons. The summed E-state index contributed by atoms with van der Waals surface area (Å²) < 4.78 is 0. The van der Waals surface area contributed by atoms with Gasteiger partial charge in [0.2, 0.25) is 0 Å². The molecule has 5 heteroatoms. The number of nitrogens with one attached hydrogen (secondary N) is 2. The molecule has 2 aromatic heterocycles. The summed E-state index contributed by atoms with van der Waals surface area (Å²) in [5.41, 5.74) is 1.54. The second kappa shape index (κ2) is 5.93. The van der Waals surface area contributed by atoms with Crippen molar-refractivity contribution >= 4 is 17.0 Å². The Bertz CT molecular complexity index is 536. The van der Waals surface area contributed by atoms with Crippen molar-refractivity contribution in [2.45, 2.75) is 19.3 Å². The SMILES string of the molecule is c1cnc2nc(NCCC3CCCNC3)ccc2n1. The minimum atomic E-state index is 0.701. The Balaban J connectivity index is 1.56. The van der Waals surface area contributed by atoms with E-state index in [0.717, 1.165) is 30.3 Å². The van der Waals surface area contributed by atoms with Crippen molar-refractivity contribution in [1.29, 1.82) is 0 Å². The van der Waals surface area contributed by atoms with E-state index in [1.807, 2.05) is 12.1 Å². The van der Waals surface area contributed by atoms with Crippen molar-refractivity contribution in [2.75, 3.05) is 25.0 Å². The lowest BCUT2D eigenvalue weighted by Crippen LogP contribution is -2.30. The molecule has 0 saturated carbocycles. The lowest BCUT2D eigenvalue weighted by molar-refractivity contribution is 0.364. The van der Waals surface area contributed by atoms with Crippen LogP contribution in [0.3, 0.4) is 0 Å². The first kappa shape index (κ1) is 12.3. The number of pyridine rings is 1. The maximum absolute atomic E-state index is 4.46. The van der Waals surface area contributed by atoms with Gasteiger partial charge in [0.1, 0.15) is 11.3 Å². The van der Waals surface area contributed by atoms with Gasteiger partial charge < -0.3 is 10.6 Å². The van der Waals surface area contributed by atoms with Gasteiger partial charge >= 0.3 is 0 Å². The van der Waals surface area contributed by atoms with Crippen LogP contribution in [0.2, 0.25) is 0 Å². The van der Waals surface area contributed by atoms with Crippen LogP contribution in [0.5, 0.6) is 0 Å². The fourth-order valence-corrected chi connectivity index (χ4v) is 2.53. The van der Waals surface area contributed by atoms with Gasteiger partial charge in [-0.15, -0.1) is 0 Å². The van der Waals surface area contributed by atoms with Crippen LogP contribution in [0.4, 0.5) is 5.82 Å². The van der Waals surface area contributed by atoms with Gasteiger partial charge in [-0.1, -0.05) is 0 Å². The van der Waals surface area contributed by atoms with Gasteiger partial charge in [0.05, 0.1) is 0 Å². The highest BCUT2D eigenvalue weighted by molar-refractivity contribution is 5.71. The van der Waals surface area contributed by atoms with Crippen molar-refractivity contribution in [3.8, 4) is 0 Å². The average molecular weight is 257 g/mol. The van der Waals surface area contributed by atoms with Crippen molar-refractivity contribution < 1.29 is 0 Å². The molecule has 0 aromatic carbocycles. The Kier molecular flexibility index (Phi) is 3.83. The third-order valence-corrected chi connectivity index (χ3v) is 3.59. The Morgan fingerprint density at radius 3 is 3.11 bits per heavy atom. The summed E-state index contributed by atoms with van der Waals surface area (Å²) in [5.74, 6) is 1.68. The van der Waals surface area contributed by atoms with Gasteiger partial charge in [0.25, 0.3) is 0 Å². The van der Waals surface area contributed by atoms with E-state index in [-0.39, 0.29) is 0 Å². The van der Waals surface area contributed by atoms with E-state index in [9.17, 15) is 0 Å². The Morgan fingerprint density at radius 2 is 2.21 bits per heavy atom. The van der Waals surface area contributed by atoms with Gasteiger partial charge in [-0.25, -0.2) is 9.97 Å². The molecule has 2 aromatic rings. The summed E-state index contributed by atoms with van der Waals surface area (Å²) in [6.45, 7) is 3.29. The molecule has 3 rings (SSSR count). The van der Waals surface area contributed by atoms with Gasteiger partial charge in [0, 0.05) is 18.9 Å². The Labute approximate surface area is 112 Å². The summed E-state index contributed by atoms with van der Waals surface area (Å²) >= 11 is 0. The first-order chi connectivity index (χ1) is 9.42. The predicted octanol–water partition coefficient (Wildman–Crippen LogP) is 1.83. The average Bonchev–Trinajstić information content (AvgIpc) is 2.48. The van der Waals surface area contributed by atoms with E-state index in [2.05, 4.69) is 25.6 Å². The van der Waals surface area contributed by atoms with Crippen molar-refractivity contribution in [2.24, 2.45) is 5.92 Å². The molecule has 1 atom stereocenters. The number of hydrogen-bond donors (Lipinski definition) is 2. The van der Waals surface area contributed by atoms with Crippen LogP contribution in [0.25, 0.3) is 11.2 Å². The molecule has 1 saturated heterocycles. The van der Waals surface area contributed by atoms with Crippen molar-refractivity contribution in [3.05, 3.63) is 24.5 Å². The molecule has 5 nitrogen and oxygen atoms in total. The van der Waals surface area contributed by atoms with E-state index in [0.29, 0.717) is 5.65 Å². The molecule has 2 N–H and O–H groups in total. The number of rotatable bonds is 4. The summed E-state index contributed by atoms with van der Waals surface area (Å²) in [5, 5.41) is 6.82. The zero-order chi connectivity index (χ0) is 12.9. The third-order valence-electron chi connectivity index (χ3n) is 3.59. The van der Waals surface area contributed by atoms with Gasteiger partial charge in [-0.05, 0) is 50.4 Å². The number of fused-ring (bicyclic) bond motifs is 1. The van der Waals surface area contributed by atoms with E-state index in [1.165, 1.54) is 25.8 Å². The second-order valence-corrected chi connectivity index (χ2v) is 5.02. The van der Waals surface area contributed by atoms with E-state index < -0.39 is 0 Å². The predicted molar refractivity (Wildman–Crippen MR) is 76.0 cm³/mol. The maximum atomic E-state index is 4.46. The van der Waals surface area contributed by atoms with E-state index in [1.54, 1.807) is 12.4 Å². The molecular formula is C14H19N5. The number of piperidine rings is 1. The van der Waals surface area contributed by atoms with E-state index >= 15 is 0 Å². The van der Waals surface area contributed by atoms with Crippen LogP contribution < -0.4 is 10.6 Å². The zero-order valence-corrected chi connectivity index (χ0v) is 11.0. The zero-order valence-electron chi connectivity index (χ0n) is 11.0. The molecule has 1 aliphatic heterocycles. The first-order valence-corrected chi connectivity index (χ1v) is 6.94. The molecular weight excluding hydrogens is 238 g/mol. The standard InChI is InChI=1S/C14H19N5/c1-2-11(10-15-6-1)5-7-17-13-4-3-12-14(19-13)18-9-8-16-12/h3-4,8-9,11,15H,1-2,5-7,10H2,(H,17,18,19). The smallest absolute Gasteiger partial charge is 0.180 e. The van der Waals surface area contributed by atoms with Gasteiger partial charge in [0.15, 0.2) is 5.65 Å². The molecule has 19 heavy (non-hydrogen) atoms. The molecule has 0 bridgehead atoms. The Hall–Kier alpha value is -1.75. The lowest BCUT2D eigenvalue weighted by atomic mass is 9.96. The summed E-state index contributed by atoms with van der Waals surface area (Å²) in [7, 11) is 0. The summed E-state index contributed by atoms with van der Waals surface area (Å²) in [4.78, 5) is 12.9. The van der Waals surface area contributed by atoms with E-state index in [4.69, 9.17) is 0 Å². The third kappa shape index (κ3) is 3.17. The number of aromatic nitrogens is 3. The number of nitrogens with zero attached hydrogens (tertiary/aromatic N) is 3. The minimum Gasteiger partial charge on any atom is -0.370 e. The van der Waals surface area contributed by atoms with Crippen LogP contribution in [-0.2, 0) is 0 Å². The minimum absolute atomic E-state index is 0.701. The van der Waals surface area contributed by atoms with Crippen LogP contribution in [-0.4, -0.2) is 34.6 Å². The highest BCUT2D eigenvalue weighted by Crippen LogP contribution is 2.15. The van der Waals surface area contributed by atoms with Crippen LogP contribution in [0.15, 0.2) is 24.5 Å². The molecule has 0 amide bonds. The molecule has 3 heterocycles. The first-order valence-electron chi connectivity index (χ1n) is 6.94. The monoisotopic (exact) mass is 257 g/mol. The summed E-state index contributed by atoms with van der Waals surface area (Å²) in [6, 6.07) is 3.93. The largest absolute Gasteiger partial charge is 0.370 e.